The van der Waals surface area contributed by atoms with Gasteiger partial charge < -0.3 is 15.0 Å². The van der Waals surface area contributed by atoms with Crippen molar-refractivity contribution in [3.05, 3.63) is 84.1 Å². The lowest BCUT2D eigenvalue weighted by molar-refractivity contribution is 0.0520. The summed E-state index contributed by atoms with van der Waals surface area (Å²) in [5.41, 5.74) is 5.69. The van der Waals surface area contributed by atoms with Crippen molar-refractivity contribution in [2.24, 2.45) is 0 Å². The van der Waals surface area contributed by atoms with Crippen LogP contribution >= 0.6 is 0 Å². The minimum Gasteiger partial charge on any atom is -0.461 e. The molecule has 0 aliphatic carbocycles. The molecule has 0 bridgehead atoms. The van der Waals surface area contributed by atoms with Gasteiger partial charge in [0.05, 0.1) is 12.3 Å². The Labute approximate surface area is 169 Å². The monoisotopic (exact) mass is 386 g/mol. The van der Waals surface area contributed by atoms with E-state index in [0.717, 1.165) is 34.3 Å². The van der Waals surface area contributed by atoms with Crippen molar-refractivity contribution >= 4 is 16.9 Å². The maximum absolute atomic E-state index is 11.9. The smallest absolute Gasteiger partial charge is 0.354 e. The zero-order valence-electron chi connectivity index (χ0n) is 16.2. The number of aromatic nitrogens is 3. The van der Waals surface area contributed by atoms with E-state index >= 15 is 0 Å². The topological polar surface area (TPSA) is 79.9 Å². The molecule has 1 aromatic carbocycles. The number of rotatable bonds is 7. The van der Waals surface area contributed by atoms with Crippen molar-refractivity contribution in [2.45, 2.75) is 20.0 Å². The van der Waals surface area contributed by atoms with Gasteiger partial charge in [0.2, 0.25) is 0 Å². The van der Waals surface area contributed by atoms with Gasteiger partial charge in [0.15, 0.2) is 0 Å². The summed E-state index contributed by atoms with van der Waals surface area (Å²) in [4.78, 5) is 23.6. The highest BCUT2D eigenvalue weighted by Gasteiger charge is 2.11. The molecule has 6 nitrogen and oxygen atoms in total. The Hall–Kier alpha value is -3.51. The van der Waals surface area contributed by atoms with Crippen molar-refractivity contribution in [2.75, 3.05) is 6.61 Å². The SMILES string of the molecule is CCOC(=O)c1cc2cc(-c3ccnc(CNCc4ccncc4)c3)ccc2[nH]1. The van der Waals surface area contributed by atoms with Gasteiger partial charge in [-0.1, -0.05) is 6.07 Å². The maximum Gasteiger partial charge on any atom is 0.354 e. The number of nitrogens with zero attached hydrogens (tertiary/aromatic N) is 2. The first kappa shape index (κ1) is 18.8. The number of nitrogens with one attached hydrogen (secondary N) is 2. The molecule has 2 N–H and O–H groups in total. The lowest BCUT2D eigenvalue weighted by atomic mass is 10.0. The number of carbonyl (C=O) groups excluding carboxylic acids is 1. The van der Waals surface area contributed by atoms with Crippen LogP contribution in [-0.4, -0.2) is 27.5 Å². The summed E-state index contributed by atoms with van der Waals surface area (Å²) in [7, 11) is 0. The predicted molar refractivity (Wildman–Crippen MR) is 112 cm³/mol. The standard InChI is InChI=1S/C23H22N4O2/c1-2-29-23(28)22-13-19-11-17(3-4-21(19)27-22)18-7-10-26-20(12-18)15-25-14-16-5-8-24-9-6-16/h3-13,25,27H,2,14-15H2,1H3. The summed E-state index contributed by atoms with van der Waals surface area (Å²) >= 11 is 0. The third kappa shape index (κ3) is 4.50. The summed E-state index contributed by atoms with van der Waals surface area (Å²) in [5.74, 6) is -0.336. The first-order chi connectivity index (χ1) is 14.2. The number of fused-ring (bicyclic) bond motifs is 1. The van der Waals surface area contributed by atoms with Gasteiger partial charge >= 0.3 is 5.97 Å². The van der Waals surface area contributed by atoms with Gasteiger partial charge in [0.1, 0.15) is 5.69 Å². The zero-order chi connectivity index (χ0) is 20.1. The van der Waals surface area contributed by atoms with Gasteiger partial charge in [-0.25, -0.2) is 4.79 Å². The Morgan fingerprint density at radius 3 is 2.66 bits per heavy atom. The van der Waals surface area contributed by atoms with Gasteiger partial charge in [-0.15, -0.1) is 0 Å². The van der Waals surface area contributed by atoms with Crippen LogP contribution in [0.1, 0.15) is 28.7 Å². The largest absolute Gasteiger partial charge is 0.461 e. The van der Waals surface area contributed by atoms with E-state index in [4.69, 9.17) is 4.74 Å². The second-order valence-electron chi connectivity index (χ2n) is 6.70. The van der Waals surface area contributed by atoms with E-state index in [9.17, 15) is 4.79 Å². The van der Waals surface area contributed by atoms with E-state index in [1.165, 1.54) is 5.56 Å². The fraction of sp³-hybridized carbons (Fsp3) is 0.174. The zero-order valence-corrected chi connectivity index (χ0v) is 16.2. The molecule has 3 aromatic heterocycles. The predicted octanol–water partition coefficient (Wildman–Crippen LogP) is 4.09. The molecule has 0 fully saturated rings. The number of ether oxygens (including phenoxy) is 1. The molecule has 4 rings (SSSR count). The molecule has 29 heavy (non-hydrogen) atoms. The van der Waals surface area contributed by atoms with E-state index in [1.807, 2.05) is 42.6 Å². The fourth-order valence-electron chi connectivity index (χ4n) is 3.22. The Morgan fingerprint density at radius 2 is 1.83 bits per heavy atom. The second-order valence-corrected chi connectivity index (χ2v) is 6.70. The lowest BCUT2D eigenvalue weighted by Crippen LogP contribution is -2.13. The van der Waals surface area contributed by atoms with Crippen LogP contribution in [0.25, 0.3) is 22.0 Å². The molecule has 4 aromatic rings. The molecule has 0 unspecified atom stereocenters. The number of esters is 1. The van der Waals surface area contributed by atoms with E-state index in [0.29, 0.717) is 18.8 Å². The molecule has 0 aliphatic rings. The lowest BCUT2D eigenvalue weighted by Gasteiger charge is -2.07. The van der Waals surface area contributed by atoms with E-state index in [2.05, 4.69) is 32.4 Å². The molecule has 0 aliphatic heterocycles. The van der Waals surface area contributed by atoms with E-state index in [-0.39, 0.29) is 5.97 Å². The molecule has 0 saturated carbocycles. The normalized spacial score (nSPS) is 10.9. The number of benzene rings is 1. The number of H-pyrrole nitrogens is 1. The Morgan fingerprint density at radius 1 is 1.00 bits per heavy atom. The van der Waals surface area contributed by atoms with Crippen LogP contribution < -0.4 is 5.32 Å². The summed E-state index contributed by atoms with van der Waals surface area (Å²) < 4.78 is 5.07. The molecular formula is C23H22N4O2. The highest BCUT2D eigenvalue weighted by atomic mass is 16.5. The van der Waals surface area contributed by atoms with Crippen molar-refractivity contribution in [1.82, 2.24) is 20.3 Å². The van der Waals surface area contributed by atoms with Crippen molar-refractivity contribution < 1.29 is 9.53 Å². The van der Waals surface area contributed by atoms with Crippen LogP contribution in [0.4, 0.5) is 0 Å². The quantitative estimate of drug-likeness (QED) is 0.468. The summed E-state index contributed by atoms with van der Waals surface area (Å²) in [6.07, 6.45) is 5.41. The highest BCUT2D eigenvalue weighted by Crippen LogP contribution is 2.25. The molecule has 0 atom stereocenters. The Kier molecular flexibility index (Phi) is 5.63. The van der Waals surface area contributed by atoms with E-state index < -0.39 is 0 Å². The maximum atomic E-state index is 11.9. The average molecular weight is 386 g/mol. The first-order valence-corrected chi connectivity index (χ1v) is 9.58. The van der Waals surface area contributed by atoms with Crippen LogP contribution in [0, 0.1) is 0 Å². The van der Waals surface area contributed by atoms with Crippen molar-refractivity contribution in [1.29, 1.82) is 0 Å². The van der Waals surface area contributed by atoms with Crippen LogP contribution in [0.2, 0.25) is 0 Å². The Bertz CT molecular complexity index is 1120. The molecular weight excluding hydrogens is 364 g/mol. The second kappa shape index (κ2) is 8.67. The number of hydrogen-bond acceptors (Lipinski definition) is 5. The third-order valence-electron chi connectivity index (χ3n) is 4.65. The van der Waals surface area contributed by atoms with Gasteiger partial charge in [-0.2, -0.15) is 0 Å². The summed E-state index contributed by atoms with van der Waals surface area (Å²) in [5, 5.41) is 4.38. The van der Waals surface area contributed by atoms with Gasteiger partial charge in [0, 0.05) is 42.6 Å². The van der Waals surface area contributed by atoms with Crippen molar-refractivity contribution in [3.8, 4) is 11.1 Å². The van der Waals surface area contributed by atoms with Crippen molar-refractivity contribution in [3.63, 3.8) is 0 Å². The number of aromatic amines is 1. The minimum atomic E-state index is -0.336. The van der Waals surface area contributed by atoms with Crippen LogP contribution in [-0.2, 0) is 17.8 Å². The van der Waals surface area contributed by atoms with Gasteiger partial charge in [-0.05, 0) is 66.1 Å². The van der Waals surface area contributed by atoms with E-state index in [1.54, 1.807) is 19.3 Å². The van der Waals surface area contributed by atoms with Gasteiger partial charge in [-0.3, -0.25) is 9.97 Å². The van der Waals surface area contributed by atoms with Crippen LogP contribution in [0.15, 0.2) is 67.1 Å². The molecule has 0 spiro atoms. The summed E-state index contributed by atoms with van der Waals surface area (Å²) in [6, 6.07) is 16.0. The van der Waals surface area contributed by atoms with Gasteiger partial charge in [0.25, 0.3) is 0 Å². The number of carbonyl (C=O) groups is 1. The fourth-order valence-corrected chi connectivity index (χ4v) is 3.22. The summed E-state index contributed by atoms with van der Waals surface area (Å²) in [6.45, 7) is 3.59. The number of hydrogen-bond donors (Lipinski definition) is 2. The first-order valence-electron chi connectivity index (χ1n) is 9.58. The van der Waals surface area contributed by atoms with Crippen LogP contribution in [0.3, 0.4) is 0 Å². The minimum absolute atomic E-state index is 0.336. The van der Waals surface area contributed by atoms with Crippen LogP contribution in [0.5, 0.6) is 0 Å². The molecule has 146 valence electrons. The molecule has 3 heterocycles. The number of pyridine rings is 2. The third-order valence-corrected chi connectivity index (χ3v) is 4.65. The average Bonchev–Trinajstić information content (AvgIpc) is 3.19. The molecule has 0 radical (unpaired) electrons. The molecule has 0 saturated heterocycles. The highest BCUT2D eigenvalue weighted by molar-refractivity contribution is 5.96. The molecule has 6 heteroatoms. The Balaban J connectivity index is 1.49. The molecule has 0 amide bonds.